The van der Waals surface area contributed by atoms with Crippen LogP contribution < -0.4 is 5.32 Å². The maximum absolute atomic E-state index is 11.6. The molecule has 2 atom stereocenters. The highest BCUT2D eigenvalue weighted by atomic mass is 32.2. The molecule has 0 bridgehead atoms. The van der Waals surface area contributed by atoms with Crippen LogP contribution in [0.3, 0.4) is 0 Å². The Kier molecular flexibility index (Phi) is 7.64. The fourth-order valence-electron chi connectivity index (χ4n) is 2.62. The monoisotopic (exact) mass is 293 g/mol. The predicted molar refractivity (Wildman–Crippen MR) is 81.0 cm³/mol. The van der Waals surface area contributed by atoms with E-state index in [1.807, 2.05) is 11.8 Å². The largest absolute Gasteiger partial charge is 0.317 e. The maximum atomic E-state index is 11.6. The van der Waals surface area contributed by atoms with Crippen LogP contribution in [0, 0.1) is 11.8 Å². The van der Waals surface area contributed by atoms with E-state index in [4.69, 9.17) is 0 Å². The molecule has 1 aliphatic rings. The molecule has 0 aliphatic carbocycles. The van der Waals surface area contributed by atoms with Gasteiger partial charge in [0.1, 0.15) is 0 Å². The van der Waals surface area contributed by atoms with Crippen LogP contribution in [0.15, 0.2) is 0 Å². The van der Waals surface area contributed by atoms with Crippen molar-refractivity contribution in [1.82, 2.24) is 5.32 Å². The maximum Gasteiger partial charge on any atom is 0.150 e. The molecule has 1 heterocycles. The number of thioether (sulfide) groups is 1. The molecule has 1 rings (SSSR count). The molecular weight excluding hydrogens is 266 g/mol. The molecule has 3 nitrogen and oxygen atoms in total. The van der Waals surface area contributed by atoms with Gasteiger partial charge in [0, 0.05) is 0 Å². The summed E-state index contributed by atoms with van der Waals surface area (Å²) in [7, 11) is -2.73. The lowest BCUT2D eigenvalue weighted by Gasteiger charge is -2.22. The number of sulfone groups is 1. The standard InChI is InChI=1S/C13H27NO2S2/c1-3-14-10-12(6-5-8-17-4-2)13-7-9-18(15,16)11-13/h12-14H,3-11H2,1-2H3. The summed E-state index contributed by atoms with van der Waals surface area (Å²) >= 11 is 1.98. The molecular formula is C13H27NO2S2. The van der Waals surface area contributed by atoms with Crippen molar-refractivity contribution in [2.75, 3.05) is 36.1 Å². The average Bonchev–Trinajstić information content (AvgIpc) is 2.69. The molecule has 0 amide bonds. The van der Waals surface area contributed by atoms with E-state index in [0.29, 0.717) is 23.3 Å². The van der Waals surface area contributed by atoms with Gasteiger partial charge in [-0.3, -0.25) is 0 Å². The summed E-state index contributed by atoms with van der Waals surface area (Å²) in [5, 5.41) is 3.39. The Hall–Kier alpha value is 0.260. The van der Waals surface area contributed by atoms with Gasteiger partial charge in [0.2, 0.25) is 0 Å². The molecule has 0 saturated carbocycles. The van der Waals surface area contributed by atoms with Gasteiger partial charge in [-0.1, -0.05) is 13.8 Å². The summed E-state index contributed by atoms with van der Waals surface area (Å²) in [5.74, 6) is 4.14. The van der Waals surface area contributed by atoms with Gasteiger partial charge in [-0.05, 0) is 55.7 Å². The Morgan fingerprint density at radius 1 is 1.39 bits per heavy atom. The third kappa shape index (κ3) is 5.93. The fraction of sp³-hybridized carbons (Fsp3) is 1.00. The molecule has 0 aromatic heterocycles. The van der Waals surface area contributed by atoms with Crippen LogP contribution in [0.4, 0.5) is 0 Å². The van der Waals surface area contributed by atoms with Crippen LogP contribution in [0.1, 0.15) is 33.1 Å². The van der Waals surface area contributed by atoms with Crippen molar-refractivity contribution in [3.8, 4) is 0 Å². The second kappa shape index (κ2) is 8.43. The zero-order valence-corrected chi connectivity index (χ0v) is 13.3. The minimum atomic E-state index is -2.73. The second-order valence-corrected chi connectivity index (χ2v) is 8.69. The summed E-state index contributed by atoms with van der Waals surface area (Å²) in [5.41, 5.74) is 0. The van der Waals surface area contributed by atoms with E-state index in [2.05, 4.69) is 19.2 Å². The summed E-state index contributed by atoms with van der Waals surface area (Å²) in [6.45, 7) is 6.24. The zero-order chi connectivity index (χ0) is 13.4. The molecule has 18 heavy (non-hydrogen) atoms. The average molecular weight is 293 g/mol. The van der Waals surface area contributed by atoms with E-state index in [1.165, 1.54) is 24.3 Å². The highest BCUT2D eigenvalue weighted by Gasteiger charge is 2.32. The van der Waals surface area contributed by atoms with Gasteiger partial charge >= 0.3 is 0 Å². The predicted octanol–water partition coefficient (Wildman–Crippen LogP) is 2.18. The van der Waals surface area contributed by atoms with Crippen molar-refractivity contribution in [3.05, 3.63) is 0 Å². The van der Waals surface area contributed by atoms with E-state index in [1.54, 1.807) is 0 Å². The van der Waals surface area contributed by atoms with Crippen molar-refractivity contribution in [3.63, 3.8) is 0 Å². The first-order valence-corrected chi connectivity index (χ1v) is 10.1. The number of hydrogen-bond acceptors (Lipinski definition) is 4. The smallest absolute Gasteiger partial charge is 0.150 e. The zero-order valence-electron chi connectivity index (χ0n) is 11.7. The molecule has 1 fully saturated rings. The van der Waals surface area contributed by atoms with Crippen LogP contribution in [-0.4, -0.2) is 44.5 Å². The molecule has 1 aliphatic heterocycles. The van der Waals surface area contributed by atoms with Gasteiger partial charge in [-0.2, -0.15) is 11.8 Å². The Bertz CT molecular complexity index is 317. The third-order valence-corrected chi connectivity index (χ3v) is 6.44. The quantitative estimate of drug-likeness (QED) is 0.662. The van der Waals surface area contributed by atoms with Crippen molar-refractivity contribution in [2.24, 2.45) is 11.8 Å². The molecule has 1 saturated heterocycles. The highest BCUT2D eigenvalue weighted by Crippen LogP contribution is 2.29. The first kappa shape index (κ1) is 16.3. The third-order valence-electron chi connectivity index (χ3n) is 3.66. The fourth-order valence-corrected chi connectivity index (χ4v) is 5.20. The first-order valence-electron chi connectivity index (χ1n) is 7.08. The highest BCUT2D eigenvalue weighted by molar-refractivity contribution is 7.99. The normalized spacial score (nSPS) is 24.2. The lowest BCUT2D eigenvalue weighted by molar-refractivity contribution is 0.326. The van der Waals surface area contributed by atoms with Crippen LogP contribution in [0.5, 0.6) is 0 Å². The molecule has 0 spiro atoms. The number of hydrogen-bond donors (Lipinski definition) is 1. The van der Waals surface area contributed by atoms with E-state index >= 15 is 0 Å². The lowest BCUT2D eigenvalue weighted by atomic mass is 9.88. The molecule has 1 N–H and O–H groups in total. The number of rotatable bonds is 9. The minimum absolute atomic E-state index is 0.390. The van der Waals surface area contributed by atoms with Crippen molar-refractivity contribution in [1.29, 1.82) is 0 Å². The van der Waals surface area contributed by atoms with Crippen LogP contribution >= 0.6 is 11.8 Å². The Balaban J connectivity index is 2.40. The van der Waals surface area contributed by atoms with Gasteiger partial charge in [0.05, 0.1) is 11.5 Å². The molecule has 0 aromatic carbocycles. The van der Waals surface area contributed by atoms with Gasteiger partial charge in [-0.15, -0.1) is 0 Å². The minimum Gasteiger partial charge on any atom is -0.317 e. The SMILES string of the molecule is CCNCC(CCCSCC)C1CCS(=O)(=O)C1. The van der Waals surface area contributed by atoms with E-state index in [0.717, 1.165) is 19.5 Å². The van der Waals surface area contributed by atoms with Gasteiger partial charge in [0.15, 0.2) is 9.84 Å². The van der Waals surface area contributed by atoms with Gasteiger partial charge in [0.25, 0.3) is 0 Å². The van der Waals surface area contributed by atoms with Crippen LogP contribution in [0.2, 0.25) is 0 Å². The Morgan fingerprint density at radius 2 is 2.17 bits per heavy atom. The second-order valence-electron chi connectivity index (χ2n) is 5.07. The van der Waals surface area contributed by atoms with Gasteiger partial charge < -0.3 is 5.32 Å². The Labute approximate surface area is 116 Å². The summed E-state index contributed by atoms with van der Waals surface area (Å²) < 4.78 is 23.1. The Morgan fingerprint density at radius 3 is 2.72 bits per heavy atom. The van der Waals surface area contributed by atoms with E-state index < -0.39 is 9.84 Å². The topological polar surface area (TPSA) is 46.2 Å². The van der Waals surface area contributed by atoms with Crippen LogP contribution in [-0.2, 0) is 9.84 Å². The molecule has 5 heteroatoms. The van der Waals surface area contributed by atoms with Crippen molar-refractivity contribution >= 4 is 21.6 Å². The van der Waals surface area contributed by atoms with E-state index in [9.17, 15) is 8.42 Å². The first-order chi connectivity index (χ1) is 8.59. The van der Waals surface area contributed by atoms with Crippen molar-refractivity contribution < 1.29 is 8.42 Å². The molecule has 108 valence electrons. The summed E-state index contributed by atoms with van der Waals surface area (Å²) in [4.78, 5) is 0. The van der Waals surface area contributed by atoms with E-state index in [-0.39, 0.29) is 0 Å². The lowest BCUT2D eigenvalue weighted by Crippen LogP contribution is -2.29. The summed E-state index contributed by atoms with van der Waals surface area (Å²) in [6, 6.07) is 0. The van der Waals surface area contributed by atoms with Crippen molar-refractivity contribution in [2.45, 2.75) is 33.1 Å². The van der Waals surface area contributed by atoms with Crippen LogP contribution in [0.25, 0.3) is 0 Å². The van der Waals surface area contributed by atoms with Gasteiger partial charge in [-0.25, -0.2) is 8.42 Å². The molecule has 0 aromatic rings. The molecule has 2 unspecified atom stereocenters. The molecule has 0 radical (unpaired) electrons. The number of nitrogens with one attached hydrogen (secondary N) is 1. The summed E-state index contributed by atoms with van der Waals surface area (Å²) in [6.07, 6.45) is 3.25.